The number of hydrogen-bond acceptors (Lipinski definition) is 1. The van der Waals surface area contributed by atoms with Crippen molar-refractivity contribution in [1.29, 1.82) is 0 Å². The van der Waals surface area contributed by atoms with Crippen LogP contribution in [0.1, 0.15) is 65.2 Å². The molecular weight excluding hydrogens is 198 g/mol. The molecule has 1 fully saturated rings. The van der Waals surface area contributed by atoms with Crippen LogP contribution in [0.3, 0.4) is 0 Å². The van der Waals surface area contributed by atoms with Crippen LogP contribution in [0.4, 0.5) is 0 Å². The van der Waals surface area contributed by atoms with Gasteiger partial charge in [-0.3, -0.25) is 4.79 Å². The molecule has 1 saturated heterocycles. The van der Waals surface area contributed by atoms with Crippen LogP contribution in [0.15, 0.2) is 0 Å². The van der Waals surface area contributed by atoms with Gasteiger partial charge in [0.1, 0.15) is 0 Å². The van der Waals surface area contributed by atoms with E-state index in [1.807, 2.05) is 0 Å². The van der Waals surface area contributed by atoms with Gasteiger partial charge < -0.3 is 4.90 Å². The maximum absolute atomic E-state index is 12.3. The van der Waals surface area contributed by atoms with Crippen molar-refractivity contribution in [2.45, 2.75) is 65.2 Å². The summed E-state index contributed by atoms with van der Waals surface area (Å²) in [6.45, 7) is 6.43. The molecule has 1 rings (SSSR count). The standard InChI is InChI=1S/C14H27NO/c1-3-5-9-13(10-6-4-2)14(16)15-11-7-8-12-15/h13H,3-12H2,1-2H3. The Hall–Kier alpha value is -0.530. The molecule has 0 unspecified atom stereocenters. The van der Waals surface area contributed by atoms with Crippen molar-refractivity contribution in [2.75, 3.05) is 13.1 Å². The second-order valence-corrected chi connectivity index (χ2v) is 5.01. The lowest BCUT2D eigenvalue weighted by Gasteiger charge is -2.23. The number of likely N-dealkylation sites (tertiary alicyclic amines) is 1. The SMILES string of the molecule is CCCCC(CCCC)C(=O)N1CCCC1. The molecule has 0 aromatic carbocycles. The zero-order chi connectivity index (χ0) is 11.8. The van der Waals surface area contributed by atoms with E-state index < -0.39 is 0 Å². The highest BCUT2D eigenvalue weighted by Gasteiger charge is 2.25. The molecule has 0 N–H and O–H groups in total. The molecule has 0 aliphatic carbocycles. The summed E-state index contributed by atoms with van der Waals surface area (Å²) in [7, 11) is 0. The van der Waals surface area contributed by atoms with Gasteiger partial charge in [-0.25, -0.2) is 0 Å². The summed E-state index contributed by atoms with van der Waals surface area (Å²) in [5, 5.41) is 0. The summed E-state index contributed by atoms with van der Waals surface area (Å²) in [5.41, 5.74) is 0. The van der Waals surface area contributed by atoms with E-state index in [4.69, 9.17) is 0 Å². The van der Waals surface area contributed by atoms with Crippen molar-refractivity contribution < 1.29 is 4.79 Å². The summed E-state index contributed by atoms with van der Waals surface area (Å²) in [6, 6.07) is 0. The molecule has 0 aromatic rings. The number of hydrogen-bond donors (Lipinski definition) is 0. The first-order valence-electron chi connectivity index (χ1n) is 7.08. The Morgan fingerprint density at radius 2 is 1.56 bits per heavy atom. The Labute approximate surface area is 100 Å². The predicted molar refractivity (Wildman–Crippen MR) is 68.4 cm³/mol. The third kappa shape index (κ3) is 4.15. The van der Waals surface area contributed by atoms with Gasteiger partial charge in [0.15, 0.2) is 0 Å². The molecular formula is C14H27NO. The van der Waals surface area contributed by atoms with Crippen LogP contribution in [0.5, 0.6) is 0 Å². The van der Waals surface area contributed by atoms with Crippen LogP contribution in [0.25, 0.3) is 0 Å². The first kappa shape index (κ1) is 13.5. The Balaban J connectivity index is 2.41. The van der Waals surface area contributed by atoms with Gasteiger partial charge in [0, 0.05) is 19.0 Å². The van der Waals surface area contributed by atoms with Gasteiger partial charge in [0.05, 0.1) is 0 Å². The summed E-state index contributed by atoms with van der Waals surface area (Å²) in [5.74, 6) is 0.761. The highest BCUT2D eigenvalue weighted by Crippen LogP contribution is 2.21. The van der Waals surface area contributed by atoms with E-state index in [0.29, 0.717) is 11.8 Å². The minimum absolute atomic E-state index is 0.318. The number of unbranched alkanes of at least 4 members (excludes halogenated alkanes) is 2. The van der Waals surface area contributed by atoms with Gasteiger partial charge in [-0.2, -0.15) is 0 Å². The van der Waals surface area contributed by atoms with Crippen molar-refractivity contribution in [2.24, 2.45) is 5.92 Å². The highest BCUT2D eigenvalue weighted by atomic mass is 16.2. The predicted octanol–water partition coefficient (Wildman–Crippen LogP) is 3.61. The molecule has 0 aromatic heterocycles. The molecule has 1 aliphatic heterocycles. The monoisotopic (exact) mass is 225 g/mol. The van der Waals surface area contributed by atoms with Crippen molar-refractivity contribution >= 4 is 5.91 Å². The quantitative estimate of drug-likeness (QED) is 0.648. The number of nitrogens with zero attached hydrogens (tertiary/aromatic N) is 1. The number of carbonyl (C=O) groups is 1. The molecule has 2 heteroatoms. The van der Waals surface area contributed by atoms with Crippen molar-refractivity contribution in [3.63, 3.8) is 0 Å². The van der Waals surface area contributed by atoms with Gasteiger partial charge in [0.25, 0.3) is 0 Å². The fraction of sp³-hybridized carbons (Fsp3) is 0.929. The number of carbonyl (C=O) groups excluding carboxylic acids is 1. The van der Waals surface area contributed by atoms with Crippen LogP contribution in [-0.4, -0.2) is 23.9 Å². The fourth-order valence-corrected chi connectivity index (χ4v) is 2.49. The van der Waals surface area contributed by atoms with Crippen molar-refractivity contribution in [1.82, 2.24) is 4.90 Å². The number of rotatable bonds is 7. The zero-order valence-corrected chi connectivity index (χ0v) is 11.0. The molecule has 2 nitrogen and oxygen atoms in total. The third-order valence-electron chi connectivity index (χ3n) is 3.58. The Kier molecular flexibility index (Phi) is 6.51. The maximum Gasteiger partial charge on any atom is 0.225 e. The smallest absolute Gasteiger partial charge is 0.225 e. The topological polar surface area (TPSA) is 20.3 Å². The van der Waals surface area contributed by atoms with E-state index >= 15 is 0 Å². The average molecular weight is 225 g/mol. The van der Waals surface area contributed by atoms with E-state index in [9.17, 15) is 4.79 Å². The lowest BCUT2D eigenvalue weighted by atomic mass is 9.94. The van der Waals surface area contributed by atoms with Crippen LogP contribution in [0.2, 0.25) is 0 Å². The molecule has 0 radical (unpaired) electrons. The minimum atomic E-state index is 0.318. The van der Waals surface area contributed by atoms with E-state index in [-0.39, 0.29) is 0 Å². The van der Waals surface area contributed by atoms with Gasteiger partial charge in [0.2, 0.25) is 5.91 Å². The molecule has 0 spiro atoms. The zero-order valence-electron chi connectivity index (χ0n) is 11.0. The summed E-state index contributed by atoms with van der Waals surface area (Å²) in [6.07, 6.45) is 9.44. The lowest BCUT2D eigenvalue weighted by molar-refractivity contribution is -0.135. The van der Waals surface area contributed by atoms with E-state index in [1.165, 1.54) is 38.5 Å². The van der Waals surface area contributed by atoms with E-state index in [1.54, 1.807) is 0 Å². The summed E-state index contributed by atoms with van der Waals surface area (Å²) >= 11 is 0. The fourth-order valence-electron chi connectivity index (χ4n) is 2.49. The molecule has 94 valence electrons. The first-order chi connectivity index (χ1) is 7.79. The van der Waals surface area contributed by atoms with Crippen LogP contribution >= 0.6 is 0 Å². The molecule has 1 heterocycles. The summed E-state index contributed by atoms with van der Waals surface area (Å²) in [4.78, 5) is 14.4. The molecule has 0 atom stereocenters. The molecule has 16 heavy (non-hydrogen) atoms. The first-order valence-corrected chi connectivity index (χ1v) is 7.08. The van der Waals surface area contributed by atoms with Crippen LogP contribution < -0.4 is 0 Å². The molecule has 1 aliphatic rings. The second kappa shape index (κ2) is 7.70. The Morgan fingerprint density at radius 1 is 1.06 bits per heavy atom. The van der Waals surface area contributed by atoms with Gasteiger partial charge in [-0.05, 0) is 25.7 Å². The van der Waals surface area contributed by atoms with Gasteiger partial charge >= 0.3 is 0 Å². The Morgan fingerprint density at radius 3 is 2.00 bits per heavy atom. The average Bonchev–Trinajstić information content (AvgIpc) is 2.82. The Bertz CT molecular complexity index is 189. The normalized spacial score (nSPS) is 16.1. The van der Waals surface area contributed by atoms with Crippen molar-refractivity contribution in [3.05, 3.63) is 0 Å². The summed E-state index contributed by atoms with van der Waals surface area (Å²) < 4.78 is 0. The number of amides is 1. The molecule has 0 bridgehead atoms. The maximum atomic E-state index is 12.3. The van der Waals surface area contributed by atoms with E-state index in [2.05, 4.69) is 18.7 Å². The minimum Gasteiger partial charge on any atom is -0.342 e. The van der Waals surface area contributed by atoms with E-state index in [0.717, 1.165) is 25.9 Å². The van der Waals surface area contributed by atoms with Crippen molar-refractivity contribution in [3.8, 4) is 0 Å². The van der Waals surface area contributed by atoms with Gasteiger partial charge in [-0.1, -0.05) is 39.5 Å². The highest BCUT2D eigenvalue weighted by molar-refractivity contribution is 5.79. The van der Waals surface area contributed by atoms with Gasteiger partial charge in [-0.15, -0.1) is 0 Å². The second-order valence-electron chi connectivity index (χ2n) is 5.01. The third-order valence-corrected chi connectivity index (χ3v) is 3.58. The van der Waals surface area contributed by atoms with Crippen LogP contribution in [0, 0.1) is 5.92 Å². The lowest BCUT2D eigenvalue weighted by Crippen LogP contribution is -2.33. The largest absolute Gasteiger partial charge is 0.342 e. The van der Waals surface area contributed by atoms with Crippen LogP contribution in [-0.2, 0) is 4.79 Å². The molecule has 1 amide bonds. The molecule has 0 saturated carbocycles.